The zero-order valence-corrected chi connectivity index (χ0v) is 39.8. The number of rotatable bonds is 23. The van der Waals surface area contributed by atoms with Crippen molar-refractivity contribution >= 4 is 11.8 Å². The van der Waals surface area contributed by atoms with Crippen LogP contribution in [0.2, 0.25) is 0 Å². The number of nitrogens with one attached hydrogen (secondary N) is 2. The predicted octanol–water partition coefficient (Wildman–Crippen LogP) is 8.31. The normalized spacial score (nSPS) is 24.4. The summed E-state index contributed by atoms with van der Waals surface area (Å²) in [6.07, 6.45) is -6.61. The number of carbonyl (C=O) groups excluding carboxylic acids is 2. The Balaban J connectivity index is 1.21. The summed E-state index contributed by atoms with van der Waals surface area (Å²) in [5.74, 6) is -0.633. The molecule has 2 saturated heterocycles. The van der Waals surface area contributed by atoms with Crippen LogP contribution >= 0.6 is 0 Å². The molecule has 0 spiro atoms. The van der Waals surface area contributed by atoms with Crippen molar-refractivity contribution in [3.8, 4) is 0 Å². The summed E-state index contributed by atoms with van der Waals surface area (Å²) in [7, 11) is 0. The van der Waals surface area contributed by atoms with Crippen LogP contribution in [0.1, 0.15) is 47.2 Å². The van der Waals surface area contributed by atoms with Gasteiger partial charge in [0, 0.05) is 13.8 Å². The van der Waals surface area contributed by atoms with Crippen molar-refractivity contribution < 1.29 is 47.5 Å². The average molecular weight is 949 g/mol. The SMILES string of the molecule is CC(=O)N[C@@H]1[C@@H](OCc2ccccc2)[C@@H](OCc2ccccc2)[C@@H](COCc2ccccc2)O[C@@H]1[C@H]1O[C@H](COCc2ccccc2)[C@H](OCc2ccccc2)[C@H](OCc2ccccc2)[C@H]1NC(C)=O. The van der Waals surface area contributed by atoms with E-state index < -0.39 is 60.9 Å². The maximum atomic E-state index is 13.6. The number of hydrogen-bond acceptors (Lipinski definition) is 10. The Morgan fingerprint density at radius 2 is 0.614 bits per heavy atom. The molecule has 0 saturated carbocycles. The van der Waals surface area contributed by atoms with Gasteiger partial charge in [-0.1, -0.05) is 182 Å². The minimum atomic E-state index is -0.974. The molecule has 6 aromatic carbocycles. The fourth-order valence-corrected chi connectivity index (χ4v) is 9.17. The van der Waals surface area contributed by atoms with Gasteiger partial charge in [0.05, 0.1) is 64.9 Å². The van der Waals surface area contributed by atoms with Gasteiger partial charge in [0.2, 0.25) is 11.8 Å². The number of amides is 2. The van der Waals surface area contributed by atoms with Crippen molar-refractivity contribution in [1.29, 1.82) is 0 Å². The van der Waals surface area contributed by atoms with Crippen molar-refractivity contribution in [2.75, 3.05) is 13.2 Å². The molecule has 2 heterocycles. The van der Waals surface area contributed by atoms with E-state index in [-0.39, 0.29) is 51.5 Å². The lowest BCUT2D eigenvalue weighted by Crippen LogP contribution is -2.74. The van der Waals surface area contributed by atoms with E-state index in [9.17, 15) is 9.59 Å². The molecule has 12 nitrogen and oxygen atoms in total. The van der Waals surface area contributed by atoms with Gasteiger partial charge in [0.15, 0.2) is 0 Å². The summed E-state index contributed by atoms with van der Waals surface area (Å²) < 4.78 is 55.4. The first kappa shape index (κ1) is 50.3. The van der Waals surface area contributed by atoms with E-state index in [0.717, 1.165) is 33.4 Å². The van der Waals surface area contributed by atoms with Gasteiger partial charge in [0.25, 0.3) is 0 Å². The van der Waals surface area contributed by atoms with E-state index in [2.05, 4.69) is 10.6 Å². The van der Waals surface area contributed by atoms with Crippen LogP contribution in [0.4, 0.5) is 0 Å². The molecule has 2 aliphatic heterocycles. The minimum absolute atomic E-state index is 0.0979. The summed E-state index contributed by atoms with van der Waals surface area (Å²) in [6, 6.07) is 57.6. The largest absolute Gasteiger partial charge is 0.374 e. The van der Waals surface area contributed by atoms with Gasteiger partial charge in [0.1, 0.15) is 48.8 Å². The van der Waals surface area contributed by atoms with Crippen molar-refractivity contribution in [3.05, 3.63) is 215 Å². The highest BCUT2D eigenvalue weighted by atomic mass is 16.6. The Bertz CT molecular complexity index is 2270. The highest BCUT2D eigenvalue weighted by Gasteiger charge is 2.57. The molecule has 2 fully saturated rings. The van der Waals surface area contributed by atoms with Crippen LogP contribution in [0, 0.1) is 0 Å². The van der Waals surface area contributed by atoms with Crippen molar-refractivity contribution in [1.82, 2.24) is 10.6 Å². The molecule has 2 N–H and O–H groups in total. The molecule has 0 unspecified atom stereocenters. The van der Waals surface area contributed by atoms with E-state index in [1.807, 2.05) is 182 Å². The number of benzene rings is 6. The van der Waals surface area contributed by atoms with Crippen molar-refractivity contribution in [2.45, 2.75) is 114 Å². The third-order valence-electron chi connectivity index (χ3n) is 12.5. The lowest BCUT2D eigenvalue weighted by molar-refractivity contribution is -0.290. The average Bonchev–Trinajstić information content (AvgIpc) is 3.39. The molecule has 8 rings (SSSR count). The zero-order valence-electron chi connectivity index (χ0n) is 39.8. The second kappa shape index (κ2) is 26.2. The van der Waals surface area contributed by atoms with Crippen LogP contribution in [-0.4, -0.2) is 85.9 Å². The second-order valence-electron chi connectivity index (χ2n) is 17.8. The molecule has 12 heteroatoms. The molecule has 10 atom stereocenters. The first-order valence-electron chi connectivity index (χ1n) is 24.1. The van der Waals surface area contributed by atoms with E-state index in [4.69, 9.17) is 37.9 Å². The van der Waals surface area contributed by atoms with Crippen LogP contribution in [0.15, 0.2) is 182 Å². The summed E-state index contributed by atoms with van der Waals surface area (Å²) in [4.78, 5) is 27.2. The summed E-state index contributed by atoms with van der Waals surface area (Å²) in [5.41, 5.74) is 5.74. The summed E-state index contributed by atoms with van der Waals surface area (Å²) in [5, 5.41) is 6.45. The molecule has 366 valence electrons. The first-order chi connectivity index (χ1) is 34.4. The molecule has 2 aliphatic rings. The second-order valence-corrected chi connectivity index (χ2v) is 17.8. The minimum Gasteiger partial charge on any atom is -0.374 e. The zero-order chi connectivity index (χ0) is 48.3. The van der Waals surface area contributed by atoms with Crippen LogP contribution in [-0.2, 0) is 87.1 Å². The standard InChI is InChI=1S/C58H64N2O10/c1-41(61)59-51-55(67-37-47-29-17-7-18-30-47)53(65-35-45-25-13-5-14-26-45)49(39-63-33-43-21-9-3-10-22-43)69-57(51)58-52(60-42(2)62)56(68-38-48-31-19-8-20-32-48)54(66-36-46-27-15-6-16-28-46)50(70-58)40-64-34-44-23-11-4-12-24-44/h3-32,49-58H,33-40H2,1-2H3,(H,59,61)(H,60,62)/t49-,50-,51-,52-,53+,54+,55-,56-,57+,58+/m1/s1. The lowest BCUT2D eigenvalue weighted by Gasteiger charge is -2.53. The Morgan fingerprint density at radius 3 is 0.871 bits per heavy atom. The van der Waals surface area contributed by atoms with Crippen LogP contribution in [0.5, 0.6) is 0 Å². The fraction of sp³-hybridized carbons (Fsp3) is 0.345. The quantitative estimate of drug-likeness (QED) is 0.0647. The topological polar surface area (TPSA) is 132 Å². The van der Waals surface area contributed by atoms with Gasteiger partial charge in [-0.05, 0) is 33.4 Å². The molecule has 6 aromatic rings. The summed E-state index contributed by atoms with van der Waals surface area (Å²) in [6.45, 7) is 4.62. The molecular weight excluding hydrogens is 885 g/mol. The molecule has 70 heavy (non-hydrogen) atoms. The van der Waals surface area contributed by atoms with Gasteiger partial charge < -0.3 is 48.5 Å². The van der Waals surface area contributed by atoms with Gasteiger partial charge in [-0.15, -0.1) is 0 Å². The molecule has 0 aliphatic carbocycles. The lowest BCUT2D eigenvalue weighted by atomic mass is 9.82. The van der Waals surface area contributed by atoms with Gasteiger partial charge in [-0.3, -0.25) is 9.59 Å². The first-order valence-corrected chi connectivity index (χ1v) is 24.1. The Labute approximate surface area is 411 Å². The molecular formula is C58H64N2O10. The Kier molecular flexibility index (Phi) is 18.9. The maximum absolute atomic E-state index is 13.6. The number of hydrogen-bond donors (Lipinski definition) is 2. The predicted molar refractivity (Wildman–Crippen MR) is 265 cm³/mol. The highest BCUT2D eigenvalue weighted by Crippen LogP contribution is 2.37. The number of ether oxygens (including phenoxy) is 8. The van der Waals surface area contributed by atoms with Gasteiger partial charge in [-0.25, -0.2) is 0 Å². The van der Waals surface area contributed by atoms with Crippen molar-refractivity contribution in [2.24, 2.45) is 0 Å². The van der Waals surface area contributed by atoms with E-state index in [0.29, 0.717) is 13.2 Å². The molecule has 0 bridgehead atoms. The van der Waals surface area contributed by atoms with Crippen LogP contribution in [0.3, 0.4) is 0 Å². The number of carbonyl (C=O) groups is 2. The Hall–Kier alpha value is -6.06. The molecule has 0 radical (unpaired) electrons. The van der Waals surface area contributed by atoms with E-state index in [1.54, 1.807) is 0 Å². The van der Waals surface area contributed by atoms with Gasteiger partial charge in [-0.2, -0.15) is 0 Å². The Morgan fingerprint density at radius 1 is 0.371 bits per heavy atom. The monoisotopic (exact) mass is 948 g/mol. The molecule has 2 amide bonds. The van der Waals surface area contributed by atoms with Crippen molar-refractivity contribution in [3.63, 3.8) is 0 Å². The van der Waals surface area contributed by atoms with Crippen LogP contribution in [0.25, 0.3) is 0 Å². The van der Waals surface area contributed by atoms with E-state index in [1.165, 1.54) is 13.8 Å². The smallest absolute Gasteiger partial charge is 0.217 e. The van der Waals surface area contributed by atoms with Crippen LogP contribution < -0.4 is 10.6 Å². The fourth-order valence-electron chi connectivity index (χ4n) is 9.17. The maximum Gasteiger partial charge on any atom is 0.217 e. The third-order valence-corrected chi connectivity index (χ3v) is 12.5. The van der Waals surface area contributed by atoms with E-state index >= 15 is 0 Å². The molecule has 0 aromatic heterocycles. The summed E-state index contributed by atoms with van der Waals surface area (Å²) >= 11 is 0. The van der Waals surface area contributed by atoms with Gasteiger partial charge >= 0.3 is 0 Å². The highest BCUT2D eigenvalue weighted by molar-refractivity contribution is 5.74. The third kappa shape index (κ3) is 14.5.